The molecule has 0 bridgehead atoms. The molecule has 0 aromatic heterocycles. The number of rotatable bonds is 4. The number of hydrogen-bond donors (Lipinski definition) is 0. The van der Waals surface area contributed by atoms with Gasteiger partial charge in [0.1, 0.15) is 0 Å². The fraction of sp³-hybridized carbons (Fsp3) is 0.0345. The fourth-order valence-electron chi connectivity index (χ4n) is 4.41. The summed E-state index contributed by atoms with van der Waals surface area (Å²) in [5, 5.41) is 2.62. The van der Waals surface area contributed by atoms with Crippen molar-refractivity contribution in [1.82, 2.24) is 0 Å². The van der Waals surface area contributed by atoms with Crippen molar-refractivity contribution in [1.29, 1.82) is 0 Å². The Morgan fingerprint density at radius 3 is 1.33 bits per heavy atom. The van der Waals surface area contributed by atoms with Gasteiger partial charge in [0.25, 0.3) is 0 Å². The van der Waals surface area contributed by atoms with Gasteiger partial charge in [0.05, 0.1) is 0 Å². The first-order valence-corrected chi connectivity index (χ1v) is 14.1. The number of benzene rings is 5. The molecule has 0 spiro atoms. The topological polar surface area (TPSA) is 0 Å². The quantitative estimate of drug-likeness (QED) is 0.356. The second-order valence-corrected chi connectivity index (χ2v) is 14.9. The molecule has 0 nitrogen and oxygen atoms in total. The molecular weight excluding hydrogens is 423 g/mol. The van der Waals surface area contributed by atoms with Crippen LogP contribution in [-0.2, 0) is 0 Å². The summed E-state index contributed by atoms with van der Waals surface area (Å²) in [5.41, 5.74) is 1.30. The van der Waals surface area contributed by atoms with Crippen LogP contribution in [0, 0.1) is 6.92 Å². The molecule has 0 fully saturated rings. The van der Waals surface area contributed by atoms with Gasteiger partial charge in [-0.3, -0.25) is 0 Å². The van der Waals surface area contributed by atoms with Crippen LogP contribution in [-0.4, -0.2) is 13.6 Å². The van der Waals surface area contributed by atoms with Gasteiger partial charge in [0.15, 0.2) is 0 Å². The number of aryl methyl sites for hydroxylation is 1. The Balaban J connectivity index is 1.90. The molecule has 0 unspecified atom stereocenters. The predicted molar refractivity (Wildman–Crippen MR) is 132 cm³/mol. The van der Waals surface area contributed by atoms with E-state index in [1.165, 1.54) is 33.7 Å². The van der Waals surface area contributed by atoms with Crippen LogP contribution in [0.4, 0.5) is 0 Å². The van der Waals surface area contributed by atoms with Gasteiger partial charge in [-0.25, -0.2) is 0 Å². The van der Waals surface area contributed by atoms with Gasteiger partial charge in [-0.05, 0) is 0 Å². The maximum atomic E-state index is 2.44. The molecular formula is C29H24As. The van der Waals surface area contributed by atoms with Gasteiger partial charge in [0, 0.05) is 0 Å². The van der Waals surface area contributed by atoms with Gasteiger partial charge in [0.2, 0.25) is 0 Å². The minimum atomic E-state index is -2.92. The molecule has 5 aromatic carbocycles. The summed E-state index contributed by atoms with van der Waals surface area (Å²) in [5.74, 6) is 0. The molecule has 0 N–H and O–H groups in total. The van der Waals surface area contributed by atoms with Crippen molar-refractivity contribution in [2.24, 2.45) is 0 Å². The van der Waals surface area contributed by atoms with Crippen LogP contribution < -0.4 is 17.4 Å². The van der Waals surface area contributed by atoms with E-state index in [0.717, 1.165) is 0 Å². The Kier molecular flexibility index (Phi) is 5.03. The number of hydrogen-bond acceptors (Lipinski definition) is 0. The van der Waals surface area contributed by atoms with E-state index in [1.54, 1.807) is 0 Å². The summed E-state index contributed by atoms with van der Waals surface area (Å²) < 4.78 is 5.78. The zero-order valence-electron chi connectivity index (χ0n) is 17.1. The third kappa shape index (κ3) is 3.18. The second-order valence-electron chi connectivity index (χ2n) is 7.71. The number of fused-ring (bicyclic) bond motifs is 1. The van der Waals surface area contributed by atoms with Crippen molar-refractivity contribution in [3.05, 3.63) is 133 Å². The van der Waals surface area contributed by atoms with Gasteiger partial charge >= 0.3 is 182 Å². The normalized spacial score (nSPS) is 11.5. The van der Waals surface area contributed by atoms with Crippen molar-refractivity contribution in [3.63, 3.8) is 0 Å². The third-order valence-electron chi connectivity index (χ3n) is 5.80. The van der Waals surface area contributed by atoms with Crippen molar-refractivity contribution in [3.8, 4) is 0 Å². The van der Waals surface area contributed by atoms with Crippen LogP contribution in [0.3, 0.4) is 0 Å². The molecule has 0 atom stereocenters. The molecule has 0 saturated heterocycles. The van der Waals surface area contributed by atoms with E-state index in [9.17, 15) is 0 Å². The van der Waals surface area contributed by atoms with E-state index >= 15 is 0 Å². The average Bonchev–Trinajstić information content (AvgIpc) is 2.82. The Bertz CT molecular complexity index is 1180. The van der Waals surface area contributed by atoms with Gasteiger partial charge in [-0.15, -0.1) is 0 Å². The summed E-state index contributed by atoms with van der Waals surface area (Å²) in [6, 6.07) is 47.3. The standard InChI is InChI=1S/C29H24As/c1-23-17-18-25-22-29(20-19-24(25)21-23)30(26-11-5-2-6-12-26,27-13-7-3-8-14-27)28-15-9-4-10-16-28/h2-22H,1H3. The van der Waals surface area contributed by atoms with Crippen molar-refractivity contribution >= 4 is 41.7 Å². The van der Waals surface area contributed by atoms with Gasteiger partial charge in [-0.1, -0.05) is 0 Å². The zero-order valence-corrected chi connectivity index (χ0v) is 18.9. The Labute approximate surface area is 181 Å². The monoisotopic (exact) mass is 447 g/mol. The molecule has 0 amide bonds. The first kappa shape index (κ1) is 18.9. The summed E-state index contributed by atoms with van der Waals surface area (Å²) in [6.45, 7) is 2.16. The zero-order chi connectivity index (χ0) is 20.4. The molecule has 0 saturated carbocycles. The predicted octanol–water partition coefficient (Wildman–Crippen LogP) is 4.53. The summed E-state index contributed by atoms with van der Waals surface area (Å²) in [7, 11) is 0. The second kappa shape index (κ2) is 7.98. The van der Waals surface area contributed by atoms with Crippen LogP contribution in [0.5, 0.6) is 0 Å². The van der Waals surface area contributed by atoms with Crippen LogP contribution in [0.25, 0.3) is 10.8 Å². The summed E-state index contributed by atoms with van der Waals surface area (Å²) in [6.07, 6.45) is 0. The van der Waals surface area contributed by atoms with Crippen LogP contribution >= 0.6 is 0 Å². The van der Waals surface area contributed by atoms with Crippen LogP contribution in [0.2, 0.25) is 0 Å². The third-order valence-corrected chi connectivity index (χ3v) is 14.8. The first-order valence-electron chi connectivity index (χ1n) is 10.4. The van der Waals surface area contributed by atoms with Crippen molar-refractivity contribution in [2.75, 3.05) is 0 Å². The summed E-state index contributed by atoms with van der Waals surface area (Å²) in [4.78, 5) is 0. The van der Waals surface area contributed by atoms with E-state index in [1.807, 2.05) is 0 Å². The SMILES string of the molecule is Cc1ccc2cc([As](c3ccccc3)(c3ccccc3)c3ccccc3)ccc2c1. The van der Waals surface area contributed by atoms with Crippen molar-refractivity contribution in [2.45, 2.75) is 6.92 Å². The molecule has 5 rings (SSSR count). The molecule has 1 heteroatoms. The maximum absolute atomic E-state index is 2.92. The Morgan fingerprint density at radius 2 is 0.833 bits per heavy atom. The molecule has 1 radical (unpaired) electrons. The summed E-state index contributed by atoms with van der Waals surface area (Å²) >= 11 is -2.92. The molecule has 30 heavy (non-hydrogen) atoms. The van der Waals surface area contributed by atoms with Crippen molar-refractivity contribution < 1.29 is 0 Å². The first-order chi connectivity index (χ1) is 14.8. The minimum absolute atomic E-state index is 1.30. The molecule has 0 aliphatic carbocycles. The van der Waals surface area contributed by atoms with Crippen LogP contribution in [0.1, 0.15) is 5.56 Å². The molecule has 0 aliphatic heterocycles. The molecule has 0 aliphatic rings. The van der Waals surface area contributed by atoms with E-state index in [4.69, 9.17) is 0 Å². The molecule has 145 valence electrons. The van der Waals surface area contributed by atoms with Gasteiger partial charge < -0.3 is 0 Å². The average molecular weight is 447 g/mol. The van der Waals surface area contributed by atoms with E-state index in [0.29, 0.717) is 0 Å². The van der Waals surface area contributed by atoms with Crippen LogP contribution in [0.15, 0.2) is 127 Å². The molecule has 0 heterocycles. The Morgan fingerprint density at radius 1 is 0.400 bits per heavy atom. The van der Waals surface area contributed by atoms with Gasteiger partial charge in [-0.2, -0.15) is 0 Å². The Hall–Kier alpha value is -3.08. The van der Waals surface area contributed by atoms with E-state index < -0.39 is 13.6 Å². The van der Waals surface area contributed by atoms with E-state index in [-0.39, 0.29) is 0 Å². The molecule has 5 aromatic rings. The van der Waals surface area contributed by atoms with E-state index in [2.05, 4.69) is 134 Å². The fourth-order valence-corrected chi connectivity index (χ4v) is 13.4.